The number of anilines is 1. The third-order valence-corrected chi connectivity index (χ3v) is 3.08. The molecule has 0 aromatic carbocycles. The maximum Gasteiger partial charge on any atom is 0.215 e. The van der Waals surface area contributed by atoms with Crippen molar-refractivity contribution in [1.82, 2.24) is 4.98 Å². The number of hydrogen-bond acceptors (Lipinski definition) is 4. The van der Waals surface area contributed by atoms with E-state index in [0.717, 1.165) is 25.1 Å². The molecule has 94 valence electrons. The minimum atomic E-state index is -0.263. The molecule has 0 bridgehead atoms. The van der Waals surface area contributed by atoms with Gasteiger partial charge < -0.3 is 15.2 Å². The first-order valence-corrected chi connectivity index (χ1v) is 6.34. The highest BCUT2D eigenvalue weighted by Crippen LogP contribution is 2.22. The van der Waals surface area contributed by atoms with Gasteiger partial charge in [-0.3, -0.25) is 0 Å². The molecule has 4 nitrogen and oxygen atoms in total. The van der Waals surface area contributed by atoms with Gasteiger partial charge >= 0.3 is 0 Å². The van der Waals surface area contributed by atoms with Crippen molar-refractivity contribution in [1.29, 1.82) is 0 Å². The smallest absolute Gasteiger partial charge is 0.215 e. The lowest BCUT2D eigenvalue weighted by atomic mass is 9.92. The van der Waals surface area contributed by atoms with Gasteiger partial charge in [-0.05, 0) is 25.8 Å². The van der Waals surface area contributed by atoms with Gasteiger partial charge in [0.1, 0.15) is 5.82 Å². The lowest BCUT2D eigenvalue weighted by Gasteiger charge is -2.28. The Morgan fingerprint density at radius 3 is 3.00 bits per heavy atom. The van der Waals surface area contributed by atoms with E-state index in [9.17, 15) is 5.11 Å². The molecule has 2 rings (SSSR count). The first-order chi connectivity index (χ1) is 8.29. The average Bonchev–Trinajstić information content (AvgIpc) is 2.33. The Balaban J connectivity index is 1.99. The fraction of sp³-hybridized carbons (Fsp3) is 0.615. The number of aromatic nitrogens is 1. The Labute approximate surface area is 102 Å². The predicted molar refractivity (Wildman–Crippen MR) is 67.3 cm³/mol. The van der Waals surface area contributed by atoms with Crippen molar-refractivity contribution in [3.8, 4) is 5.88 Å². The van der Waals surface area contributed by atoms with Crippen LogP contribution in [-0.2, 0) is 0 Å². The topological polar surface area (TPSA) is 54.4 Å². The van der Waals surface area contributed by atoms with Crippen LogP contribution < -0.4 is 10.1 Å². The summed E-state index contributed by atoms with van der Waals surface area (Å²) in [5, 5.41) is 13.2. The lowest BCUT2D eigenvalue weighted by molar-refractivity contribution is 0.116. The fourth-order valence-corrected chi connectivity index (χ4v) is 2.19. The first-order valence-electron chi connectivity index (χ1n) is 6.34. The fourth-order valence-electron chi connectivity index (χ4n) is 2.19. The molecule has 1 fully saturated rings. The van der Waals surface area contributed by atoms with Crippen molar-refractivity contribution < 1.29 is 9.84 Å². The van der Waals surface area contributed by atoms with Gasteiger partial charge in [0.05, 0.1) is 18.8 Å². The van der Waals surface area contributed by atoms with Gasteiger partial charge in [-0.2, -0.15) is 4.98 Å². The van der Waals surface area contributed by atoms with Crippen LogP contribution in [0, 0.1) is 0 Å². The molecule has 0 aliphatic heterocycles. The Morgan fingerprint density at radius 2 is 2.24 bits per heavy atom. The summed E-state index contributed by atoms with van der Waals surface area (Å²) in [7, 11) is 0. The molecular formula is C13H20N2O2. The average molecular weight is 236 g/mol. The summed E-state index contributed by atoms with van der Waals surface area (Å²) in [5.41, 5.74) is 0. The summed E-state index contributed by atoms with van der Waals surface area (Å²) in [6.07, 6.45) is 3.90. The van der Waals surface area contributed by atoms with Crippen LogP contribution in [0.1, 0.15) is 32.6 Å². The van der Waals surface area contributed by atoms with Crippen LogP contribution in [0.2, 0.25) is 0 Å². The number of aliphatic hydroxyl groups is 1. The summed E-state index contributed by atoms with van der Waals surface area (Å²) < 4.78 is 5.35. The van der Waals surface area contributed by atoms with Crippen LogP contribution >= 0.6 is 0 Å². The van der Waals surface area contributed by atoms with Crippen molar-refractivity contribution in [3.63, 3.8) is 0 Å². The lowest BCUT2D eigenvalue weighted by Crippen LogP contribution is -2.36. The molecule has 0 radical (unpaired) electrons. The molecule has 1 aliphatic carbocycles. The second kappa shape index (κ2) is 5.87. The van der Waals surface area contributed by atoms with Crippen LogP contribution in [0.5, 0.6) is 5.88 Å². The minimum Gasteiger partial charge on any atom is -0.478 e. The molecule has 2 atom stereocenters. The summed E-state index contributed by atoms with van der Waals surface area (Å²) >= 11 is 0. The van der Waals surface area contributed by atoms with Gasteiger partial charge in [-0.25, -0.2) is 0 Å². The zero-order chi connectivity index (χ0) is 12.1. The maximum atomic E-state index is 9.88. The van der Waals surface area contributed by atoms with Gasteiger partial charge in [0.25, 0.3) is 0 Å². The van der Waals surface area contributed by atoms with Crippen LogP contribution in [0.15, 0.2) is 18.2 Å². The quantitative estimate of drug-likeness (QED) is 0.841. The van der Waals surface area contributed by atoms with Crippen molar-refractivity contribution in [2.75, 3.05) is 11.9 Å². The van der Waals surface area contributed by atoms with Gasteiger partial charge in [-0.1, -0.05) is 18.9 Å². The number of nitrogens with one attached hydrogen (secondary N) is 1. The molecule has 1 heterocycles. The van der Waals surface area contributed by atoms with Crippen molar-refractivity contribution >= 4 is 5.82 Å². The van der Waals surface area contributed by atoms with Gasteiger partial charge in [0.2, 0.25) is 5.88 Å². The molecule has 0 amide bonds. The first kappa shape index (κ1) is 12.2. The van der Waals surface area contributed by atoms with E-state index in [1.54, 1.807) is 0 Å². The van der Waals surface area contributed by atoms with Gasteiger partial charge in [0, 0.05) is 6.07 Å². The van der Waals surface area contributed by atoms with E-state index in [-0.39, 0.29) is 12.1 Å². The molecule has 17 heavy (non-hydrogen) atoms. The highest BCUT2D eigenvalue weighted by atomic mass is 16.5. The SMILES string of the molecule is CCOc1cccc(NC2CCCCC2O)n1. The number of rotatable bonds is 4. The standard InChI is InChI=1S/C13H20N2O2/c1-2-17-13-9-5-8-12(15-13)14-10-6-3-4-7-11(10)16/h5,8-11,16H,2-4,6-7H2,1H3,(H,14,15). The van der Waals surface area contributed by atoms with Crippen LogP contribution in [0.25, 0.3) is 0 Å². The predicted octanol–water partition coefficient (Wildman–Crippen LogP) is 2.20. The summed E-state index contributed by atoms with van der Waals surface area (Å²) in [6.45, 7) is 2.55. The van der Waals surface area contributed by atoms with Crippen molar-refractivity contribution in [2.24, 2.45) is 0 Å². The Hall–Kier alpha value is -1.29. The number of nitrogens with zero attached hydrogens (tertiary/aromatic N) is 1. The molecule has 0 spiro atoms. The highest BCUT2D eigenvalue weighted by Gasteiger charge is 2.22. The Morgan fingerprint density at radius 1 is 1.41 bits per heavy atom. The highest BCUT2D eigenvalue weighted by molar-refractivity contribution is 5.38. The van der Waals surface area contributed by atoms with Crippen LogP contribution in [-0.4, -0.2) is 28.8 Å². The molecular weight excluding hydrogens is 216 g/mol. The van der Waals surface area contributed by atoms with E-state index in [2.05, 4.69) is 10.3 Å². The Bertz CT molecular complexity index is 357. The second-order valence-electron chi connectivity index (χ2n) is 4.40. The number of pyridine rings is 1. The normalized spacial score (nSPS) is 24.4. The molecule has 2 N–H and O–H groups in total. The molecule has 1 aromatic rings. The van der Waals surface area contributed by atoms with Gasteiger partial charge in [0.15, 0.2) is 0 Å². The maximum absolute atomic E-state index is 9.88. The van der Waals surface area contributed by atoms with Crippen molar-refractivity contribution in [3.05, 3.63) is 18.2 Å². The largest absolute Gasteiger partial charge is 0.478 e. The van der Waals surface area contributed by atoms with Crippen molar-refractivity contribution in [2.45, 2.75) is 44.8 Å². The Kier molecular flexibility index (Phi) is 4.20. The van der Waals surface area contributed by atoms with E-state index < -0.39 is 0 Å². The summed E-state index contributed by atoms with van der Waals surface area (Å²) in [6, 6.07) is 5.78. The number of hydrogen-bond donors (Lipinski definition) is 2. The summed E-state index contributed by atoms with van der Waals surface area (Å²) in [5.74, 6) is 1.41. The molecule has 2 unspecified atom stereocenters. The van der Waals surface area contributed by atoms with Gasteiger partial charge in [-0.15, -0.1) is 0 Å². The molecule has 1 saturated carbocycles. The van der Waals surface area contributed by atoms with Crippen LogP contribution in [0.4, 0.5) is 5.82 Å². The van der Waals surface area contributed by atoms with E-state index in [1.165, 1.54) is 6.42 Å². The van der Waals surface area contributed by atoms with E-state index in [4.69, 9.17) is 4.74 Å². The third-order valence-electron chi connectivity index (χ3n) is 3.08. The zero-order valence-corrected chi connectivity index (χ0v) is 10.2. The second-order valence-corrected chi connectivity index (χ2v) is 4.40. The zero-order valence-electron chi connectivity index (χ0n) is 10.2. The number of aliphatic hydroxyl groups excluding tert-OH is 1. The molecule has 4 heteroatoms. The van der Waals surface area contributed by atoms with Crippen LogP contribution in [0.3, 0.4) is 0 Å². The third kappa shape index (κ3) is 3.33. The molecule has 1 aliphatic rings. The van der Waals surface area contributed by atoms with E-state index in [1.807, 2.05) is 25.1 Å². The van der Waals surface area contributed by atoms with E-state index in [0.29, 0.717) is 12.5 Å². The van der Waals surface area contributed by atoms with E-state index >= 15 is 0 Å². The monoisotopic (exact) mass is 236 g/mol. The molecule has 0 saturated heterocycles. The minimum absolute atomic E-state index is 0.119. The number of ether oxygens (including phenoxy) is 1. The molecule has 1 aromatic heterocycles. The summed E-state index contributed by atoms with van der Waals surface area (Å²) in [4.78, 5) is 4.35.